The van der Waals surface area contributed by atoms with E-state index in [0.717, 1.165) is 33.6 Å². The smallest absolute Gasteiger partial charge is 0.331 e. The summed E-state index contributed by atoms with van der Waals surface area (Å²) in [5, 5.41) is 11.2. The number of carboxylic acids is 1. The predicted octanol–water partition coefficient (Wildman–Crippen LogP) is 6.74. The van der Waals surface area contributed by atoms with Gasteiger partial charge in [-0.05, 0) is 61.9 Å². The van der Waals surface area contributed by atoms with Crippen molar-refractivity contribution in [3.63, 3.8) is 0 Å². The summed E-state index contributed by atoms with van der Waals surface area (Å²) in [6.07, 6.45) is 2.37. The second-order valence-electron chi connectivity index (χ2n) is 10.3. The average Bonchev–Trinajstić information content (AvgIpc) is 3.14. The molecule has 0 unspecified atom stereocenters. The molecule has 4 rings (SSSR count). The Kier molecular flexibility index (Phi) is 9.56. The second-order valence-corrected chi connectivity index (χ2v) is 12.3. The van der Waals surface area contributed by atoms with Crippen LogP contribution in [0.2, 0.25) is 5.02 Å². The van der Waals surface area contributed by atoms with E-state index in [9.17, 15) is 4.79 Å². The van der Waals surface area contributed by atoms with E-state index >= 15 is 0 Å². The van der Waals surface area contributed by atoms with E-state index < -0.39 is 18.1 Å². The number of aliphatic carboxylic acids is 1. The third-order valence-electron chi connectivity index (χ3n) is 5.97. The van der Waals surface area contributed by atoms with Crippen molar-refractivity contribution in [3.05, 3.63) is 88.8 Å². The van der Waals surface area contributed by atoms with Crippen molar-refractivity contribution < 1.29 is 19.5 Å². The van der Waals surface area contributed by atoms with Crippen molar-refractivity contribution in [2.45, 2.75) is 63.0 Å². The van der Waals surface area contributed by atoms with Gasteiger partial charge in [-0.3, -0.25) is 9.82 Å². The predicted molar refractivity (Wildman–Crippen MR) is 157 cm³/mol. The summed E-state index contributed by atoms with van der Waals surface area (Å²) in [6.45, 7) is 8.99. The van der Waals surface area contributed by atoms with Crippen LogP contribution in [0.3, 0.4) is 0 Å². The van der Waals surface area contributed by atoms with Crippen LogP contribution < -0.4 is 10.2 Å². The third kappa shape index (κ3) is 7.99. The molecule has 0 spiro atoms. The molecule has 0 aliphatic heterocycles. The monoisotopic (exact) mass is 567 g/mol. The minimum atomic E-state index is -1.02. The molecule has 0 fully saturated rings. The fourth-order valence-electron chi connectivity index (χ4n) is 4.33. The highest BCUT2D eigenvalue weighted by Gasteiger charge is 2.27. The van der Waals surface area contributed by atoms with E-state index in [1.165, 1.54) is 4.90 Å². The number of hydrogen-bond acceptors (Lipinski definition) is 6. The number of carboxylic acid groups (broad SMARTS) is 1. The third-order valence-corrected chi connectivity index (χ3v) is 7.38. The summed E-state index contributed by atoms with van der Waals surface area (Å²) < 4.78 is 8.46. The molecule has 2 aromatic heterocycles. The van der Waals surface area contributed by atoms with Gasteiger partial charge in [-0.2, -0.15) is 5.48 Å². The zero-order chi connectivity index (χ0) is 28.0. The molecule has 0 aliphatic rings. The number of hydroxylamine groups is 1. The molecular formula is C30H34ClN3O4S. The number of pyridine rings is 1. The number of halogens is 1. The van der Waals surface area contributed by atoms with Gasteiger partial charge in [0, 0.05) is 56.5 Å². The Morgan fingerprint density at radius 2 is 1.92 bits per heavy atom. The summed E-state index contributed by atoms with van der Waals surface area (Å²) >= 11 is 7.97. The highest BCUT2D eigenvalue weighted by atomic mass is 35.5. The molecule has 0 bridgehead atoms. The van der Waals surface area contributed by atoms with Crippen LogP contribution in [0.25, 0.3) is 10.9 Å². The van der Waals surface area contributed by atoms with E-state index in [0.29, 0.717) is 29.8 Å². The van der Waals surface area contributed by atoms with Gasteiger partial charge < -0.3 is 14.4 Å². The summed E-state index contributed by atoms with van der Waals surface area (Å²) in [7, 11) is 0. The van der Waals surface area contributed by atoms with Gasteiger partial charge in [0.15, 0.2) is 6.61 Å². The zero-order valence-electron chi connectivity index (χ0n) is 22.6. The second kappa shape index (κ2) is 12.9. The molecule has 2 heterocycles. The lowest BCUT2D eigenvalue weighted by atomic mass is 9.99. The number of benzene rings is 2. The SMILES string of the molecule is CC(C)Sc1c(CC(C)(C)NOCC(=O)O)n(Cc2ccc(Cl)cc2)c2ccc(OCc3ccccn3)cc12. The molecule has 0 saturated heterocycles. The first kappa shape index (κ1) is 29.0. The normalized spacial score (nSPS) is 11.8. The number of ether oxygens (including phenoxy) is 1. The molecule has 0 saturated carbocycles. The topological polar surface area (TPSA) is 85.6 Å². The van der Waals surface area contributed by atoms with Crippen molar-refractivity contribution in [3.8, 4) is 5.75 Å². The van der Waals surface area contributed by atoms with Gasteiger partial charge in [-0.1, -0.05) is 43.6 Å². The van der Waals surface area contributed by atoms with E-state index in [1.54, 1.807) is 6.20 Å². The van der Waals surface area contributed by atoms with Gasteiger partial charge in [-0.25, -0.2) is 4.79 Å². The molecule has 2 N–H and O–H groups in total. The molecule has 7 nitrogen and oxygen atoms in total. The molecular weight excluding hydrogens is 534 g/mol. The van der Waals surface area contributed by atoms with Gasteiger partial charge in [0.2, 0.25) is 0 Å². The highest BCUT2D eigenvalue weighted by molar-refractivity contribution is 8.00. The Balaban J connectivity index is 1.76. The molecule has 0 aliphatic carbocycles. The Bertz CT molecular complexity index is 1410. The molecule has 0 radical (unpaired) electrons. The fraction of sp³-hybridized carbons (Fsp3) is 0.333. The van der Waals surface area contributed by atoms with Crippen molar-refractivity contribution >= 4 is 40.2 Å². The molecule has 9 heteroatoms. The fourth-order valence-corrected chi connectivity index (χ4v) is 5.54. The largest absolute Gasteiger partial charge is 0.487 e. The standard InChI is InChI=1S/C30H34ClN3O4S/c1-20(2)39-29-25-15-24(37-18-23-7-5-6-14-32-23)12-13-26(25)34(17-21-8-10-22(31)11-9-21)27(29)16-30(3,4)33-38-19-28(35)36/h5-15,20,33H,16-19H2,1-4H3,(H,35,36). The first-order valence-corrected chi connectivity index (χ1v) is 14.1. The molecule has 0 atom stereocenters. The van der Waals surface area contributed by atoms with Crippen LogP contribution in [-0.4, -0.2) is 38.0 Å². The zero-order valence-corrected chi connectivity index (χ0v) is 24.2. The first-order valence-electron chi connectivity index (χ1n) is 12.8. The molecule has 206 valence electrons. The molecule has 39 heavy (non-hydrogen) atoms. The molecule has 0 amide bonds. The number of nitrogens with one attached hydrogen (secondary N) is 1. The number of carbonyl (C=O) groups is 1. The van der Waals surface area contributed by atoms with Crippen LogP contribution in [0.4, 0.5) is 0 Å². The van der Waals surface area contributed by atoms with Crippen molar-refractivity contribution in [1.29, 1.82) is 0 Å². The van der Waals surface area contributed by atoms with Crippen molar-refractivity contribution in [1.82, 2.24) is 15.0 Å². The summed E-state index contributed by atoms with van der Waals surface area (Å²) in [5.74, 6) is -0.249. The minimum absolute atomic E-state index is 0.343. The van der Waals surface area contributed by atoms with Crippen LogP contribution in [-0.2, 0) is 29.2 Å². The number of aromatic nitrogens is 2. The maximum Gasteiger partial charge on any atom is 0.331 e. The highest BCUT2D eigenvalue weighted by Crippen LogP contribution is 2.40. The number of rotatable bonds is 13. The average molecular weight is 568 g/mol. The van der Waals surface area contributed by atoms with Crippen LogP contribution in [0.15, 0.2) is 71.8 Å². The quantitative estimate of drug-likeness (QED) is 0.137. The van der Waals surface area contributed by atoms with Crippen LogP contribution in [0.5, 0.6) is 5.75 Å². The minimum Gasteiger partial charge on any atom is -0.487 e. The lowest BCUT2D eigenvalue weighted by Gasteiger charge is -2.27. The van der Waals surface area contributed by atoms with Gasteiger partial charge in [-0.15, -0.1) is 11.8 Å². The van der Waals surface area contributed by atoms with Crippen LogP contribution in [0, 0.1) is 0 Å². The van der Waals surface area contributed by atoms with E-state index in [4.69, 9.17) is 26.3 Å². The van der Waals surface area contributed by atoms with Gasteiger partial charge >= 0.3 is 5.97 Å². The van der Waals surface area contributed by atoms with Gasteiger partial charge in [0.25, 0.3) is 0 Å². The Morgan fingerprint density at radius 1 is 1.15 bits per heavy atom. The van der Waals surface area contributed by atoms with E-state index in [1.807, 2.05) is 74.1 Å². The lowest BCUT2D eigenvalue weighted by molar-refractivity contribution is -0.147. The summed E-state index contributed by atoms with van der Waals surface area (Å²) in [5.41, 5.74) is 6.65. The maximum absolute atomic E-state index is 11.0. The Hall–Kier alpha value is -3.04. The van der Waals surface area contributed by atoms with Crippen LogP contribution >= 0.6 is 23.4 Å². The Morgan fingerprint density at radius 3 is 2.59 bits per heavy atom. The van der Waals surface area contributed by atoms with Gasteiger partial charge in [0.05, 0.1) is 5.69 Å². The maximum atomic E-state index is 11.0. The first-order chi connectivity index (χ1) is 18.6. The van der Waals surface area contributed by atoms with Gasteiger partial charge in [0.1, 0.15) is 12.4 Å². The van der Waals surface area contributed by atoms with E-state index in [2.05, 4.69) is 41.0 Å². The number of thioether (sulfide) groups is 1. The number of nitrogens with zero attached hydrogens (tertiary/aromatic N) is 2. The lowest BCUT2D eigenvalue weighted by Crippen LogP contribution is -2.42. The molecule has 2 aromatic carbocycles. The number of hydrogen-bond donors (Lipinski definition) is 2. The van der Waals surface area contributed by atoms with Crippen molar-refractivity contribution in [2.24, 2.45) is 0 Å². The summed E-state index contributed by atoms with van der Waals surface area (Å²) in [6, 6.07) is 19.9. The Labute approximate surface area is 238 Å². The van der Waals surface area contributed by atoms with Crippen molar-refractivity contribution in [2.75, 3.05) is 6.61 Å². The number of fused-ring (bicyclic) bond motifs is 1. The van der Waals surface area contributed by atoms with Crippen LogP contribution in [0.1, 0.15) is 44.6 Å². The summed E-state index contributed by atoms with van der Waals surface area (Å²) in [4.78, 5) is 21.8. The van der Waals surface area contributed by atoms with E-state index in [-0.39, 0.29) is 0 Å². The molecule has 4 aromatic rings.